The van der Waals surface area contributed by atoms with Crippen molar-refractivity contribution in [3.8, 4) is 0 Å². The minimum atomic E-state index is -0.122. The maximum Gasteiger partial charge on any atom is 0.306 e. The van der Waals surface area contributed by atoms with E-state index in [4.69, 9.17) is 9.47 Å². The van der Waals surface area contributed by atoms with E-state index >= 15 is 0 Å². The molecule has 0 aliphatic rings. The highest BCUT2D eigenvalue weighted by Gasteiger charge is 2.15. The van der Waals surface area contributed by atoms with Crippen molar-refractivity contribution >= 4 is 23.8 Å². The molecule has 0 aromatic carbocycles. The Bertz CT molecular complexity index is 992. The fourth-order valence-electron chi connectivity index (χ4n) is 8.02. The van der Waals surface area contributed by atoms with Gasteiger partial charge in [0.2, 0.25) is 5.91 Å². The average Bonchev–Trinajstić information content (AvgIpc) is 3.23. The molecule has 60 heavy (non-hydrogen) atoms. The van der Waals surface area contributed by atoms with E-state index in [1.54, 1.807) is 7.05 Å². The highest BCUT2D eigenvalue weighted by Crippen LogP contribution is 2.19. The van der Waals surface area contributed by atoms with Crippen molar-refractivity contribution in [3.05, 3.63) is 0 Å². The summed E-state index contributed by atoms with van der Waals surface area (Å²) >= 11 is 0. The lowest BCUT2D eigenvalue weighted by Gasteiger charge is -2.23. The first-order valence-electron chi connectivity index (χ1n) is 25.9. The minimum Gasteiger partial charge on any atom is -0.462 e. The van der Waals surface area contributed by atoms with Gasteiger partial charge in [-0.15, -0.1) is 0 Å². The summed E-state index contributed by atoms with van der Waals surface area (Å²) in [7, 11) is 1.68. The van der Waals surface area contributed by atoms with Crippen LogP contribution in [-0.4, -0.2) is 74.1 Å². The Morgan fingerprint density at radius 2 is 0.850 bits per heavy atom. The lowest BCUT2D eigenvalue weighted by Crippen LogP contribution is -2.41. The maximum absolute atomic E-state index is 12.9. The minimum absolute atomic E-state index is 0.00963. The summed E-state index contributed by atoms with van der Waals surface area (Å²) in [5, 5.41) is 6.00. The summed E-state index contributed by atoms with van der Waals surface area (Å²) in [6.07, 6.45) is 40.0. The fourth-order valence-corrected chi connectivity index (χ4v) is 8.02. The zero-order chi connectivity index (χ0) is 44.2. The number of unbranched alkanes of at least 4 members (excludes halogenated alkanes) is 23. The number of carbonyl (C=O) groups excluding carboxylic acids is 3. The Labute approximate surface area is 371 Å². The zero-order valence-electron chi connectivity index (χ0n) is 40.7. The van der Waals surface area contributed by atoms with Gasteiger partial charge < -0.3 is 19.7 Å². The van der Waals surface area contributed by atoms with Gasteiger partial charge in [0.1, 0.15) is 12.2 Å². The standard InChI is InChI=1S/C51H100N4O5/c1-7-11-14-17-22-29-37-47(10-4)59-49(57)40-32-25-20-27-34-43-55(45-36-42-53-51(52-6)54-46(5)56)44-35-28-21-26-33-41-50(58)60-48(38-30-23-18-15-12-8-2)39-31-24-19-16-13-9-3/h47-48H,7-45H2,1-6H3,(H2,52,53,54,56). The van der Waals surface area contributed by atoms with Crippen LogP contribution in [0.25, 0.3) is 0 Å². The lowest BCUT2D eigenvalue weighted by atomic mass is 10.0. The fraction of sp³-hybridized carbons (Fsp3) is 0.922. The van der Waals surface area contributed by atoms with E-state index in [0.29, 0.717) is 18.8 Å². The van der Waals surface area contributed by atoms with Crippen molar-refractivity contribution in [1.82, 2.24) is 15.5 Å². The van der Waals surface area contributed by atoms with Crippen LogP contribution in [0.4, 0.5) is 0 Å². The van der Waals surface area contributed by atoms with E-state index in [9.17, 15) is 14.4 Å². The number of nitrogens with zero attached hydrogens (tertiary/aromatic N) is 2. The van der Waals surface area contributed by atoms with Gasteiger partial charge in [-0.25, -0.2) is 0 Å². The third-order valence-corrected chi connectivity index (χ3v) is 11.9. The monoisotopic (exact) mass is 849 g/mol. The Balaban J connectivity index is 4.57. The number of ether oxygens (including phenoxy) is 2. The molecule has 0 bridgehead atoms. The van der Waals surface area contributed by atoms with Crippen LogP contribution >= 0.6 is 0 Å². The first-order chi connectivity index (χ1) is 29.3. The average molecular weight is 849 g/mol. The Hall–Kier alpha value is -2.16. The molecule has 0 saturated carbocycles. The third-order valence-electron chi connectivity index (χ3n) is 11.9. The van der Waals surface area contributed by atoms with Gasteiger partial charge in [0.25, 0.3) is 0 Å². The third kappa shape index (κ3) is 39.9. The van der Waals surface area contributed by atoms with Gasteiger partial charge in [-0.3, -0.25) is 24.7 Å². The van der Waals surface area contributed by atoms with Gasteiger partial charge in [0, 0.05) is 33.4 Å². The smallest absolute Gasteiger partial charge is 0.306 e. The first-order valence-corrected chi connectivity index (χ1v) is 25.9. The molecular weight excluding hydrogens is 749 g/mol. The van der Waals surface area contributed by atoms with E-state index in [2.05, 4.69) is 48.2 Å². The summed E-state index contributed by atoms with van der Waals surface area (Å²) in [5.74, 6) is 0.392. The Kier molecular flexibility index (Phi) is 43.3. The SMILES string of the molecule is CCCCCCCCC(CC)OC(=O)CCCCCCCN(CCCCCCCC(=O)OC(CCCCCCCC)CCCCCCCC)CCCNC(=NC)NC(C)=O. The van der Waals surface area contributed by atoms with Gasteiger partial charge in [0.05, 0.1) is 0 Å². The number of nitrogens with one attached hydrogen (secondary N) is 2. The van der Waals surface area contributed by atoms with Crippen molar-refractivity contribution in [2.75, 3.05) is 33.2 Å². The molecule has 9 heteroatoms. The number of esters is 2. The van der Waals surface area contributed by atoms with Crippen LogP contribution in [0, 0.1) is 0 Å². The molecule has 9 nitrogen and oxygen atoms in total. The number of rotatable bonds is 44. The molecule has 0 rings (SSSR count). The highest BCUT2D eigenvalue weighted by molar-refractivity contribution is 5.95. The molecule has 0 fully saturated rings. The summed E-state index contributed by atoms with van der Waals surface area (Å²) in [6.45, 7) is 14.3. The Morgan fingerprint density at radius 3 is 1.27 bits per heavy atom. The highest BCUT2D eigenvalue weighted by atomic mass is 16.5. The molecule has 0 saturated heterocycles. The largest absolute Gasteiger partial charge is 0.462 e. The van der Waals surface area contributed by atoms with Crippen LogP contribution in [0.15, 0.2) is 4.99 Å². The van der Waals surface area contributed by atoms with Crippen LogP contribution in [0.3, 0.4) is 0 Å². The van der Waals surface area contributed by atoms with E-state index in [0.717, 1.165) is 116 Å². The van der Waals surface area contributed by atoms with E-state index in [1.807, 2.05) is 0 Å². The van der Waals surface area contributed by atoms with Crippen molar-refractivity contribution in [2.24, 2.45) is 4.99 Å². The second kappa shape index (κ2) is 44.9. The number of hydrogen-bond acceptors (Lipinski definition) is 7. The predicted octanol–water partition coefficient (Wildman–Crippen LogP) is 13.6. The summed E-state index contributed by atoms with van der Waals surface area (Å²) < 4.78 is 11.9. The zero-order valence-corrected chi connectivity index (χ0v) is 40.7. The topological polar surface area (TPSA) is 109 Å². The molecule has 0 aromatic heterocycles. The van der Waals surface area contributed by atoms with Crippen LogP contribution in [0.5, 0.6) is 0 Å². The van der Waals surface area contributed by atoms with Gasteiger partial charge in [-0.1, -0.05) is 163 Å². The predicted molar refractivity (Wildman–Crippen MR) is 256 cm³/mol. The summed E-state index contributed by atoms with van der Waals surface area (Å²) in [5.41, 5.74) is 0. The molecule has 0 heterocycles. The van der Waals surface area contributed by atoms with Crippen LogP contribution in [0.1, 0.15) is 259 Å². The molecule has 1 amide bonds. The lowest BCUT2D eigenvalue weighted by molar-refractivity contribution is -0.150. The molecule has 1 atom stereocenters. The van der Waals surface area contributed by atoms with E-state index in [1.165, 1.54) is 129 Å². The molecule has 1 unspecified atom stereocenters. The number of hydrogen-bond donors (Lipinski definition) is 2. The van der Waals surface area contributed by atoms with Crippen LogP contribution in [-0.2, 0) is 23.9 Å². The molecule has 2 N–H and O–H groups in total. The van der Waals surface area contributed by atoms with Crippen LogP contribution < -0.4 is 10.6 Å². The van der Waals surface area contributed by atoms with Crippen LogP contribution in [0.2, 0.25) is 0 Å². The van der Waals surface area contributed by atoms with E-state index in [-0.39, 0.29) is 30.1 Å². The second-order valence-electron chi connectivity index (χ2n) is 17.7. The number of carbonyl (C=O) groups is 3. The maximum atomic E-state index is 12.9. The first kappa shape index (κ1) is 57.8. The summed E-state index contributed by atoms with van der Waals surface area (Å²) in [6, 6.07) is 0. The molecule has 354 valence electrons. The molecule has 0 aliphatic carbocycles. The van der Waals surface area contributed by atoms with Crippen molar-refractivity contribution in [2.45, 2.75) is 272 Å². The molecule has 0 aromatic rings. The van der Waals surface area contributed by atoms with Crippen molar-refractivity contribution < 1.29 is 23.9 Å². The summed E-state index contributed by atoms with van der Waals surface area (Å²) in [4.78, 5) is 43.5. The van der Waals surface area contributed by atoms with E-state index < -0.39 is 0 Å². The van der Waals surface area contributed by atoms with Crippen molar-refractivity contribution in [3.63, 3.8) is 0 Å². The second-order valence-corrected chi connectivity index (χ2v) is 17.7. The van der Waals surface area contributed by atoms with Crippen molar-refractivity contribution in [1.29, 1.82) is 0 Å². The van der Waals surface area contributed by atoms with Gasteiger partial charge in [-0.05, 0) is 96.7 Å². The number of guanidine groups is 1. The molecule has 0 radical (unpaired) electrons. The normalized spacial score (nSPS) is 12.3. The molecule has 0 aliphatic heterocycles. The molecular formula is C51H100N4O5. The van der Waals surface area contributed by atoms with Gasteiger partial charge in [0.15, 0.2) is 5.96 Å². The number of amides is 1. The number of aliphatic imine (C=N–C) groups is 1. The Morgan fingerprint density at radius 1 is 0.483 bits per heavy atom. The van der Waals surface area contributed by atoms with Gasteiger partial charge >= 0.3 is 11.9 Å². The molecule has 0 spiro atoms. The quantitative estimate of drug-likeness (QED) is 0.0272. The van der Waals surface area contributed by atoms with Gasteiger partial charge in [-0.2, -0.15) is 0 Å².